The molecule has 0 aliphatic carbocycles. The van der Waals surface area contributed by atoms with E-state index in [-0.39, 0.29) is 5.91 Å². The van der Waals surface area contributed by atoms with Crippen LogP contribution >= 0.6 is 22.6 Å². The Balaban J connectivity index is 1.86. The molecular weight excluding hydrogens is 439 g/mol. The van der Waals surface area contributed by atoms with Crippen LogP contribution in [0, 0.1) is 3.57 Å². The first-order valence-electron chi connectivity index (χ1n) is 8.42. The SMILES string of the molecule is CCCOc1ccc2ccccc2c1/C=N\NC(=O)c1cccc(I)c1. The topological polar surface area (TPSA) is 50.7 Å². The number of fused-ring (bicyclic) bond motifs is 1. The number of amides is 1. The molecule has 3 aromatic carbocycles. The summed E-state index contributed by atoms with van der Waals surface area (Å²) in [6.45, 7) is 2.70. The molecule has 0 aliphatic rings. The van der Waals surface area contributed by atoms with Crippen LogP contribution in [0.1, 0.15) is 29.3 Å². The molecule has 0 aliphatic heterocycles. The lowest BCUT2D eigenvalue weighted by Crippen LogP contribution is -2.17. The Morgan fingerprint density at radius 3 is 2.81 bits per heavy atom. The van der Waals surface area contributed by atoms with E-state index in [0.717, 1.165) is 32.1 Å². The van der Waals surface area contributed by atoms with Crippen LogP contribution in [0.2, 0.25) is 0 Å². The van der Waals surface area contributed by atoms with Gasteiger partial charge in [-0.1, -0.05) is 43.3 Å². The van der Waals surface area contributed by atoms with E-state index in [0.29, 0.717) is 12.2 Å². The molecule has 0 unspecified atom stereocenters. The van der Waals surface area contributed by atoms with Crippen LogP contribution < -0.4 is 10.2 Å². The van der Waals surface area contributed by atoms with Crippen LogP contribution in [0.3, 0.4) is 0 Å². The highest BCUT2D eigenvalue weighted by Gasteiger charge is 2.08. The molecule has 0 bridgehead atoms. The van der Waals surface area contributed by atoms with Gasteiger partial charge in [-0.2, -0.15) is 5.10 Å². The predicted octanol–water partition coefficient (Wildman–Crippen LogP) is 5.00. The van der Waals surface area contributed by atoms with Crippen LogP contribution in [-0.4, -0.2) is 18.7 Å². The molecule has 0 atom stereocenters. The Morgan fingerprint density at radius 1 is 1.15 bits per heavy atom. The Labute approximate surface area is 166 Å². The summed E-state index contributed by atoms with van der Waals surface area (Å²) in [6, 6.07) is 19.4. The lowest BCUT2D eigenvalue weighted by molar-refractivity contribution is 0.0955. The number of carbonyl (C=O) groups excluding carboxylic acids is 1. The van der Waals surface area contributed by atoms with Crippen molar-refractivity contribution in [1.82, 2.24) is 5.43 Å². The van der Waals surface area contributed by atoms with E-state index < -0.39 is 0 Å². The molecule has 3 aromatic rings. The van der Waals surface area contributed by atoms with Crippen molar-refractivity contribution in [2.24, 2.45) is 5.10 Å². The van der Waals surface area contributed by atoms with Gasteiger partial charge in [0.2, 0.25) is 0 Å². The van der Waals surface area contributed by atoms with Crippen LogP contribution in [0.15, 0.2) is 65.8 Å². The minimum atomic E-state index is -0.240. The third-order valence-corrected chi connectivity index (χ3v) is 4.51. The molecule has 0 saturated heterocycles. The number of hydrogen-bond acceptors (Lipinski definition) is 3. The second-order valence-corrected chi connectivity index (χ2v) is 7.00. The van der Waals surface area contributed by atoms with Crippen LogP contribution in [-0.2, 0) is 0 Å². The van der Waals surface area contributed by atoms with Gasteiger partial charge in [-0.25, -0.2) is 5.43 Å². The molecule has 5 heteroatoms. The third-order valence-electron chi connectivity index (χ3n) is 3.84. The van der Waals surface area contributed by atoms with Crippen molar-refractivity contribution in [3.05, 3.63) is 75.4 Å². The van der Waals surface area contributed by atoms with E-state index in [1.807, 2.05) is 54.6 Å². The highest BCUT2D eigenvalue weighted by atomic mass is 127. The number of halogens is 1. The summed E-state index contributed by atoms with van der Waals surface area (Å²) in [5.41, 5.74) is 4.03. The predicted molar refractivity (Wildman–Crippen MR) is 114 cm³/mol. The number of benzene rings is 3. The van der Waals surface area contributed by atoms with Crippen molar-refractivity contribution in [3.63, 3.8) is 0 Å². The largest absolute Gasteiger partial charge is 0.493 e. The number of ether oxygens (including phenoxy) is 1. The smallest absolute Gasteiger partial charge is 0.271 e. The van der Waals surface area contributed by atoms with Crippen molar-refractivity contribution in [2.45, 2.75) is 13.3 Å². The number of hydrazone groups is 1. The summed E-state index contributed by atoms with van der Waals surface area (Å²) in [5.74, 6) is 0.522. The molecule has 0 fully saturated rings. The maximum Gasteiger partial charge on any atom is 0.271 e. The molecular formula is C21H19IN2O2. The molecule has 132 valence electrons. The fraction of sp³-hybridized carbons (Fsp3) is 0.143. The van der Waals surface area contributed by atoms with Crippen molar-refractivity contribution in [3.8, 4) is 5.75 Å². The lowest BCUT2D eigenvalue weighted by atomic mass is 10.0. The van der Waals surface area contributed by atoms with E-state index in [1.165, 1.54) is 0 Å². The normalized spacial score (nSPS) is 11.0. The summed E-state index contributed by atoms with van der Waals surface area (Å²) in [4.78, 5) is 12.2. The van der Waals surface area contributed by atoms with Gasteiger partial charge in [-0.3, -0.25) is 4.79 Å². The van der Waals surface area contributed by atoms with Gasteiger partial charge in [0.05, 0.1) is 12.8 Å². The fourth-order valence-electron chi connectivity index (χ4n) is 2.60. The number of hydrogen-bond donors (Lipinski definition) is 1. The fourth-order valence-corrected chi connectivity index (χ4v) is 3.14. The molecule has 0 saturated carbocycles. The van der Waals surface area contributed by atoms with Gasteiger partial charge in [0.25, 0.3) is 5.91 Å². The Hall–Kier alpha value is -2.41. The summed E-state index contributed by atoms with van der Waals surface area (Å²) >= 11 is 2.18. The average Bonchev–Trinajstić information content (AvgIpc) is 2.67. The summed E-state index contributed by atoms with van der Waals surface area (Å²) in [5, 5.41) is 6.29. The molecule has 0 heterocycles. The van der Waals surface area contributed by atoms with E-state index in [2.05, 4.69) is 40.0 Å². The Bertz CT molecular complexity index is 954. The van der Waals surface area contributed by atoms with Crippen LogP contribution in [0.25, 0.3) is 10.8 Å². The maximum atomic E-state index is 12.2. The van der Waals surface area contributed by atoms with Gasteiger partial charge in [0, 0.05) is 14.7 Å². The quantitative estimate of drug-likeness (QED) is 0.321. The van der Waals surface area contributed by atoms with Gasteiger partial charge in [0.15, 0.2) is 0 Å². The van der Waals surface area contributed by atoms with Crippen LogP contribution in [0.4, 0.5) is 0 Å². The van der Waals surface area contributed by atoms with E-state index in [1.54, 1.807) is 12.3 Å². The molecule has 26 heavy (non-hydrogen) atoms. The van der Waals surface area contributed by atoms with Gasteiger partial charge in [-0.05, 0) is 64.0 Å². The zero-order valence-electron chi connectivity index (χ0n) is 14.4. The van der Waals surface area contributed by atoms with E-state index in [9.17, 15) is 4.79 Å². The lowest BCUT2D eigenvalue weighted by Gasteiger charge is -2.11. The highest BCUT2D eigenvalue weighted by molar-refractivity contribution is 14.1. The molecule has 0 aromatic heterocycles. The maximum absolute atomic E-state index is 12.2. The zero-order chi connectivity index (χ0) is 18.4. The number of carbonyl (C=O) groups is 1. The second-order valence-electron chi connectivity index (χ2n) is 5.76. The summed E-state index contributed by atoms with van der Waals surface area (Å²) in [6.07, 6.45) is 2.58. The number of rotatable bonds is 6. The number of nitrogens with zero attached hydrogens (tertiary/aromatic N) is 1. The van der Waals surface area contributed by atoms with Gasteiger partial charge in [-0.15, -0.1) is 0 Å². The zero-order valence-corrected chi connectivity index (χ0v) is 16.6. The Morgan fingerprint density at radius 2 is 2.00 bits per heavy atom. The van der Waals surface area contributed by atoms with Crippen molar-refractivity contribution < 1.29 is 9.53 Å². The second kappa shape index (κ2) is 8.80. The summed E-state index contributed by atoms with van der Waals surface area (Å²) in [7, 11) is 0. The third kappa shape index (κ3) is 4.40. The van der Waals surface area contributed by atoms with Gasteiger partial charge in [0.1, 0.15) is 5.75 Å². The van der Waals surface area contributed by atoms with Crippen molar-refractivity contribution in [2.75, 3.05) is 6.61 Å². The van der Waals surface area contributed by atoms with Crippen LogP contribution in [0.5, 0.6) is 5.75 Å². The van der Waals surface area contributed by atoms with Gasteiger partial charge < -0.3 is 4.74 Å². The first-order chi connectivity index (χ1) is 12.7. The van der Waals surface area contributed by atoms with Crippen molar-refractivity contribution >= 4 is 45.5 Å². The average molecular weight is 458 g/mol. The molecule has 0 spiro atoms. The van der Waals surface area contributed by atoms with E-state index in [4.69, 9.17) is 4.74 Å². The van der Waals surface area contributed by atoms with E-state index >= 15 is 0 Å². The Kier molecular flexibility index (Phi) is 6.22. The van der Waals surface area contributed by atoms with Crippen molar-refractivity contribution in [1.29, 1.82) is 0 Å². The molecule has 1 amide bonds. The highest BCUT2D eigenvalue weighted by Crippen LogP contribution is 2.26. The minimum absolute atomic E-state index is 0.240. The molecule has 0 radical (unpaired) electrons. The first-order valence-corrected chi connectivity index (χ1v) is 9.50. The minimum Gasteiger partial charge on any atom is -0.493 e. The molecule has 4 nitrogen and oxygen atoms in total. The summed E-state index contributed by atoms with van der Waals surface area (Å²) < 4.78 is 6.85. The molecule has 1 N–H and O–H groups in total. The van der Waals surface area contributed by atoms with Gasteiger partial charge >= 0.3 is 0 Å². The number of nitrogens with one attached hydrogen (secondary N) is 1. The monoisotopic (exact) mass is 458 g/mol. The first kappa shape index (κ1) is 18.4. The molecule has 3 rings (SSSR count). The standard InChI is InChI=1S/C21H19IN2O2/c1-2-12-26-20-11-10-15-6-3-4-9-18(15)19(20)14-23-24-21(25)16-7-5-8-17(22)13-16/h3-11,13-14H,2,12H2,1H3,(H,24,25)/b23-14-.